The second kappa shape index (κ2) is 6.23. The van der Waals surface area contributed by atoms with Crippen LogP contribution in [0.2, 0.25) is 0 Å². The van der Waals surface area contributed by atoms with Crippen molar-refractivity contribution in [3.8, 4) is 0 Å². The molecule has 0 N–H and O–H groups in total. The van der Waals surface area contributed by atoms with Gasteiger partial charge in [-0.05, 0) is 29.8 Å². The number of nitro groups is 1. The van der Waals surface area contributed by atoms with Crippen LogP contribution in [0.5, 0.6) is 0 Å². The Morgan fingerprint density at radius 1 is 1.27 bits per heavy atom. The molecule has 1 fully saturated rings. The monoisotopic (exact) mass is 317 g/mol. The van der Waals surface area contributed by atoms with Gasteiger partial charge in [-0.15, -0.1) is 11.8 Å². The molecular weight excluding hydrogens is 302 g/mol. The zero-order chi connectivity index (χ0) is 15.5. The fourth-order valence-corrected chi connectivity index (χ4v) is 3.76. The summed E-state index contributed by atoms with van der Waals surface area (Å²) in [6.45, 7) is 1.02. The van der Waals surface area contributed by atoms with E-state index in [9.17, 15) is 14.9 Å². The van der Waals surface area contributed by atoms with Crippen molar-refractivity contribution < 1.29 is 9.72 Å². The highest BCUT2D eigenvalue weighted by atomic mass is 32.2. The molecule has 1 atom stereocenters. The van der Waals surface area contributed by atoms with E-state index in [1.165, 1.54) is 12.1 Å². The third-order valence-electron chi connectivity index (χ3n) is 3.58. The highest BCUT2D eigenvalue weighted by Crippen LogP contribution is 2.38. The van der Waals surface area contributed by atoms with Crippen LogP contribution in [-0.4, -0.2) is 32.6 Å². The zero-order valence-corrected chi connectivity index (χ0v) is 12.6. The molecule has 1 amide bonds. The van der Waals surface area contributed by atoms with Gasteiger partial charge in [-0.25, -0.2) is 0 Å². The third kappa shape index (κ3) is 2.99. The van der Waals surface area contributed by atoms with Gasteiger partial charge in [0.25, 0.3) is 5.69 Å². The summed E-state index contributed by atoms with van der Waals surface area (Å²) >= 11 is 1.68. The Bertz CT molecular complexity index is 670. The van der Waals surface area contributed by atoms with Crippen LogP contribution in [0.4, 0.5) is 5.69 Å². The molecule has 6 nitrogen and oxygen atoms in total. The Hall–Kier alpha value is -2.28. The second-order valence-corrected chi connectivity index (χ2v) is 6.20. The molecule has 0 aliphatic carbocycles. The van der Waals surface area contributed by atoms with Gasteiger partial charge in [-0.1, -0.05) is 0 Å². The van der Waals surface area contributed by atoms with Crippen molar-refractivity contribution in [2.45, 2.75) is 11.9 Å². The Labute approximate surface area is 131 Å². The summed E-state index contributed by atoms with van der Waals surface area (Å²) in [7, 11) is 0. The summed E-state index contributed by atoms with van der Waals surface area (Å²) in [5.41, 5.74) is 0.992. The number of nitrogens with zero attached hydrogens (tertiary/aromatic N) is 3. The maximum absolute atomic E-state index is 12.5. The van der Waals surface area contributed by atoms with Gasteiger partial charge in [0, 0.05) is 36.8 Å². The van der Waals surface area contributed by atoms with Gasteiger partial charge >= 0.3 is 0 Å². The SMILES string of the molecule is O=C(Cn1cccc1)N1CCSC1c1ccc([N+](=O)[O-])cc1. The minimum Gasteiger partial charge on any atom is -0.345 e. The van der Waals surface area contributed by atoms with Gasteiger partial charge in [0.1, 0.15) is 11.9 Å². The molecule has 1 aliphatic rings. The molecule has 0 bridgehead atoms. The Balaban J connectivity index is 1.74. The fraction of sp³-hybridized carbons (Fsp3) is 0.267. The molecule has 1 unspecified atom stereocenters. The van der Waals surface area contributed by atoms with Crippen molar-refractivity contribution in [2.24, 2.45) is 0 Å². The van der Waals surface area contributed by atoms with Crippen LogP contribution in [0.15, 0.2) is 48.8 Å². The predicted molar refractivity (Wildman–Crippen MR) is 84.4 cm³/mol. The lowest BCUT2D eigenvalue weighted by Gasteiger charge is -2.24. The van der Waals surface area contributed by atoms with E-state index in [0.717, 1.165) is 11.3 Å². The van der Waals surface area contributed by atoms with E-state index in [1.54, 1.807) is 23.9 Å². The van der Waals surface area contributed by atoms with Gasteiger partial charge in [-0.2, -0.15) is 0 Å². The van der Waals surface area contributed by atoms with E-state index in [1.807, 2.05) is 34.0 Å². The van der Waals surface area contributed by atoms with Crippen LogP contribution < -0.4 is 0 Å². The van der Waals surface area contributed by atoms with Gasteiger partial charge in [0.05, 0.1) is 4.92 Å². The van der Waals surface area contributed by atoms with Crippen molar-refractivity contribution >= 4 is 23.4 Å². The molecule has 7 heteroatoms. The lowest BCUT2D eigenvalue weighted by molar-refractivity contribution is -0.384. The lowest BCUT2D eigenvalue weighted by Crippen LogP contribution is -2.33. The standard InChI is InChI=1S/C15H15N3O3S/c19-14(11-16-7-1-2-8-16)17-9-10-22-15(17)12-3-5-13(6-4-12)18(20)21/h1-8,15H,9-11H2. The molecule has 1 aromatic heterocycles. The quantitative estimate of drug-likeness (QED) is 0.642. The molecule has 0 radical (unpaired) electrons. The van der Waals surface area contributed by atoms with Crippen molar-refractivity contribution in [1.29, 1.82) is 0 Å². The normalized spacial score (nSPS) is 17.6. The lowest BCUT2D eigenvalue weighted by atomic mass is 10.2. The number of hydrogen-bond acceptors (Lipinski definition) is 4. The van der Waals surface area contributed by atoms with Crippen molar-refractivity contribution in [3.05, 3.63) is 64.5 Å². The predicted octanol–water partition coefficient (Wildman–Crippen LogP) is 2.67. The highest BCUT2D eigenvalue weighted by molar-refractivity contribution is 7.99. The van der Waals surface area contributed by atoms with Gasteiger partial charge in [-0.3, -0.25) is 14.9 Å². The molecule has 2 aromatic rings. The molecule has 114 valence electrons. The largest absolute Gasteiger partial charge is 0.345 e. The summed E-state index contributed by atoms with van der Waals surface area (Å²) in [5.74, 6) is 0.934. The van der Waals surface area contributed by atoms with Crippen LogP contribution in [-0.2, 0) is 11.3 Å². The van der Waals surface area contributed by atoms with Crippen LogP contribution in [0.1, 0.15) is 10.9 Å². The van der Waals surface area contributed by atoms with Crippen LogP contribution in [0.3, 0.4) is 0 Å². The minimum atomic E-state index is -0.416. The van der Waals surface area contributed by atoms with Crippen molar-refractivity contribution in [1.82, 2.24) is 9.47 Å². The molecule has 0 spiro atoms. The number of aromatic nitrogens is 1. The van der Waals surface area contributed by atoms with E-state index < -0.39 is 4.92 Å². The first kappa shape index (κ1) is 14.6. The van der Waals surface area contributed by atoms with Gasteiger partial charge in [0.15, 0.2) is 0 Å². The minimum absolute atomic E-state index is 0.0598. The summed E-state index contributed by atoms with van der Waals surface area (Å²) in [5, 5.41) is 10.7. The number of hydrogen-bond donors (Lipinski definition) is 0. The Kier molecular flexibility index (Phi) is 4.15. The van der Waals surface area contributed by atoms with Crippen LogP contribution in [0.25, 0.3) is 0 Å². The summed E-state index contributed by atoms with van der Waals surface area (Å²) in [4.78, 5) is 24.6. The number of thioether (sulfide) groups is 1. The number of carbonyl (C=O) groups excluding carboxylic acids is 1. The van der Waals surface area contributed by atoms with E-state index in [-0.39, 0.29) is 17.0 Å². The summed E-state index contributed by atoms with van der Waals surface area (Å²) in [6, 6.07) is 10.2. The number of benzene rings is 1. The number of amides is 1. The Morgan fingerprint density at radius 3 is 2.59 bits per heavy atom. The summed E-state index contributed by atoms with van der Waals surface area (Å²) in [6.07, 6.45) is 3.73. The molecule has 2 heterocycles. The number of carbonyl (C=O) groups is 1. The van der Waals surface area contributed by atoms with Gasteiger partial charge < -0.3 is 9.47 Å². The number of rotatable bonds is 4. The molecule has 22 heavy (non-hydrogen) atoms. The summed E-state index contributed by atoms with van der Waals surface area (Å²) < 4.78 is 1.85. The molecule has 3 rings (SSSR count). The topological polar surface area (TPSA) is 68.4 Å². The van der Waals surface area contributed by atoms with Crippen molar-refractivity contribution in [3.63, 3.8) is 0 Å². The first-order chi connectivity index (χ1) is 10.6. The molecule has 1 aromatic carbocycles. The van der Waals surface area contributed by atoms with E-state index in [2.05, 4.69) is 0 Å². The fourth-order valence-electron chi connectivity index (χ4n) is 2.48. The first-order valence-corrected chi connectivity index (χ1v) is 7.96. The maximum Gasteiger partial charge on any atom is 0.269 e. The molecular formula is C15H15N3O3S. The van der Waals surface area contributed by atoms with E-state index in [4.69, 9.17) is 0 Å². The average molecular weight is 317 g/mol. The maximum atomic E-state index is 12.5. The third-order valence-corrected chi connectivity index (χ3v) is 4.85. The molecule has 0 saturated carbocycles. The highest BCUT2D eigenvalue weighted by Gasteiger charge is 2.30. The number of non-ortho nitro benzene ring substituents is 1. The van der Waals surface area contributed by atoms with Crippen LogP contribution >= 0.6 is 11.8 Å². The molecule has 1 aliphatic heterocycles. The first-order valence-electron chi connectivity index (χ1n) is 6.91. The second-order valence-electron chi connectivity index (χ2n) is 5.01. The van der Waals surface area contributed by atoms with Crippen LogP contribution in [0, 0.1) is 10.1 Å². The average Bonchev–Trinajstić information content (AvgIpc) is 3.18. The zero-order valence-electron chi connectivity index (χ0n) is 11.8. The van der Waals surface area contributed by atoms with Gasteiger partial charge in [0.2, 0.25) is 5.91 Å². The smallest absolute Gasteiger partial charge is 0.269 e. The van der Waals surface area contributed by atoms with E-state index >= 15 is 0 Å². The number of nitro benzene ring substituents is 1. The molecule has 1 saturated heterocycles. The Morgan fingerprint density at radius 2 is 1.95 bits per heavy atom. The van der Waals surface area contributed by atoms with E-state index in [0.29, 0.717) is 13.1 Å². The van der Waals surface area contributed by atoms with Crippen molar-refractivity contribution in [2.75, 3.05) is 12.3 Å².